The van der Waals surface area contributed by atoms with Gasteiger partial charge in [0.25, 0.3) is 5.56 Å². The van der Waals surface area contributed by atoms with Gasteiger partial charge >= 0.3 is 0 Å². The monoisotopic (exact) mass is 423 g/mol. The molecule has 0 amide bonds. The second kappa shape index (κ2) is 10.4. The lowest BCUT2D eigenvalue weighted by molar-refractivity contribution is 0.355. The quantitative estimate of drug-likeness (QED) is 0.491. The fraction of sp³-hybridized carbons (Fsp3) is 0.440. The topological polar surface area (TPSA) is 76.2 Å². The van der Waals surface area contributed by atoms with Gasteiger partial charge in [0, 0.05) is 12.1 Å². The molecule has 1 atom stereocenters. The molecule has 0 bridgehead atoms. The Hall–Kier alpha value is -2.86. The summed E-state index contributed by atoms with van der Waals surface area (Å²) >= 11 is 0. The fourth-order valence-electron chi connectivity index (χ4n) is 3.82. The van der Waals surface area contributed by atoms with Crippen LogP contribution in [0, 0.1) is 5.92 Å². The number of fused-ring (bicyclic) bond motifs is 1. The van der Waals surface area contributed by atoms with Crippen LogP contribution in [0.5, 0.6) is 11.5 Å². The number of hydrogen-bond donors (Lipinski definition) is 2. The molecular weight excluding hydrogens is 390 g/mol. The van der Waals surface area contributed by atoms with Gasteiger partial charge in [0.15, 0.2) is 11.5 Å². The minimum Gasteiger partial charge on any atom is -0.493 e. The van der Waals surface area contributed by atoms with Crippen molar-refractivity contribution in [3.05, 3.63) is 63.7 Å². The Bertz CT molecular complexity index is 1060. The van der Waals surface area contributed by atoms with Gasteiger partial charge in [-0.1, -0.05) is 51.5 Å². The van der Waals surface area contributed by atoms with Crippen LogP contribution in [-0.2, 0) is 13.0 Å². The third-order valence-electron chi connectivity index (χ3n) is 5.57. The van der Waals surface area contributed by atoms with Crippen molar-refractivity contribution >= 4 is 10.9 Å². The van der Waals surface area contributed by atoms with E-state index in [1.54, 1.807) is 26.4 Å². The number of H-pyrrole nitrogens is 1. The standard InChI is InChI=1S/C25H33N3O3/c1-6-7-8-17-9-11-18(12-10-17)24(16(2)3)26-15-23-27-20-14-22(31-5)21(30-4)13-19(20)25(29)28-23/h9-14,16,24,26H,6-8,15H2,1-5H3,(H,27,28,29)/t24-/m1/s1. The molecule has 0 radical (unpaired) electrons. The minimum atomic E-state index is -0.191. The Morgan fingerprint density at radius 1 is 1.06 bits per heavy atom. The SMILES string of the molecule is CCCCc1ccc([C@H](NCc2nc3cc(OC)c(OC)cc3c(=O)[nH]2)C(C)C)cc1. The molecule has 2 aromatic carbocycles. The first-order valence-corrected chi connectivity index (χ1v) is 10.9. The van der Waals surface area contributed by atoms with Gasteiger partial charge in [0.1, 0.15) is 5.82 Å². The predicted molar refractivity (Wildman–Crippen MR) is 125 cm³/mol. The molecule has 3 aromatic rings. The summed E-state index contributed by atoms with van der Waals surface area (Å²) in [7, 11) is 3.12. The van der Waals surface area contributed by atoms with Gasteiger partial charge in [0.2, 0.25) is 0 Å². The third kappa shape index (κ3) is 5.44. The average Bonchev–Trinajstić information content (AvgIpc) is 2.77. The molecule has 6 heteroatoms. The summed E-state index contributed by atoms with van der Waals surface area (Å²) < 4.78 is 10.6. The first kappa shape index (κ1) is 22.8. The predicted octanol–water partition coefficient (Wildman–Crippen LogP) is 4.77. The maximum atomic E-state index is 12.6. The molecule has 6 nitrogen and oxygen atoms in total. The zero-order valence-corrected chi connectivity index (χ0v) is 19.1. The summed E-state index contributed by atoms with van der Waals surface area (Å²) in [4.78, 5) is 20.2. The van der Waals surface area contributed by atoms with Gasteiger partial charge in [-0.25, -0.2) is 4.98 Å². The van der Waals surface area contributed by atoms with Crippen molar-refractivity contribution in [1.82, 2.24) is 15.3 Å². The van der Waals surface area contributed by atoms with Crippen LogP contribution in [0.25, 0.3) is 10.9 Å². The number of aromatic amines is 1. The summed E-state index contributed by atoms with van der Waals surface area (Å²) in [6, 6.07) is 12.4. The van der Waals surface area contributed by atoms with E-state index in [-0.39, 0.29) is 11.6 Å². The number of benzene rings is 2. The Morgan fingerprint density at radius 3 is 2.35 bits per heavy atom. The number of ether oxygens (including phenoxy) is 2. The van der Waals surface area contributed by atoms with Crippen LogP contribution in [0.15, 0.2) is 41.2 Å². The number of nitrogens with one attached hydrogen (secondary N) is 2. The molecular formula is C25H33N3O3. The summed E-state index contributed by atoms with van der Waals surface area (Å²) in [5, 5.41) is 4.05. The van der Waals surface area contributed by atoms with E-state index >= 15 is 0 Å². The highest BCUT2D eigenvalue weighted by Crippen LogP contribution is 2.30. The van der Waals surface area contributed by atoms with Crippen molar-refractivity contribution in [3.8, 4) is 11.5 Å². The molecule has 0 saturated heterocycles. The van der Waals surface area contributed by atoms with Crippen molar-refractivity contribution < 1.29 is 9.47 Å². The maximum Gasteiger partial charge on any atom is 0.258 e. The van der Waals surface area contributed by atoms with Crippen molar-refractivity contribution in [2.75, 3.05) is 14.2 Å². The van der Waals surface area contributed by atoms with E-state index in [0.717, 1.165) is 6.42 Å². The highest BCUT2D eigenvalue weighted by atomic mass is 16.5. The summed E-state index contributed by atoms with van der Waals surface area (Å²) in [6.45, 7) is 7.05. The zero-order valence-electron chi connectivity index (χ0n) is 19.1. The molecule has 0 aliphatic carbocycles. The maximum absolute atomic E-state index is 12.6. The Labute approximate surface area is 184 Å². The lowest BCUT2D eigenvalue weighted by atomic mass is 9.94. The van der Waals surface area contributed by atoms with Crippen LogP contribution in [0.1, 0.15) is 56.6 Å². The number of rotatable bonds is 10. The molecule has 2 N–H and O–H groups in total. The molecule has 0 unspecified atom stereocenters. The molecule has 0 saturated carbocycles. The van der Waals surface area contributed by atoms with Crippen LogP contribution in [-0.4, -0.2) is 24.2 Å². The van der Waals surface area contributed by atoms with Gasteiger partial charge < -0.3 is 19.8 Å². The molecule has 0 aliphatic heterocycles. The Kier molecular flexibility index (Phi) is 7.69. The number of methoxy groups -OCH3 is 2. The van der Waals surface area contributed by atoms with E-state index in [1.807, 2.05) is 0 Å². The van der Waals surface area contributed by atoms with Crippen LogP contribution in [0.4, 0.5) is 0 Å². The van der Waals surface area contributed by atoms with E-state index in [4.69, 9.17) is 9.47 Å². The van der Waals surface area contributed by atoms with Gasteiger partial charge in [-0.05, 0) is 36.0 Å². The van der Waals surface area contributed by atoms with Gasteiger partial charge in [-0.3, -0.25) is 4.79 Å². The van der Waals surface area contributed by atoms with E-state index in [2.05, 4.69) is 60.3 Å². The van der Waals surface area contributed by atoms with Crippen molar-refractivity contribution in [3.63, 3.8) is 0 Å². The van der Waals surface area contributed by atoms with Crippen molar-refractivity contribution in [2.24, 2.45) is 5.92 Å². The molecule has 3 rings (SSSR count). The molecule has 31 heavy (non-hydrogen) atoms. The first-order valence-electron chi connectivity index (χ1n) is 10.9. The second-order valence-corrected chi connectivity index (χ2v) is 8.18. The number of unbranched alkanes of at least 4 members (excludes halogenated alkanes) is 1. The van der Waals surface area contributed by atoms with Crippen LogP contribution < -0.4 is 20.3 Å². The van der Waals surface area contributed by atoms with Gasteiger partial charge in [-0.2, -0.15) is 0 Å². The lowest BCUT2D eigenvalue weighted by Gasteiger charge is -2.23. The van der Waals surface area contributed by atoms with E-state index < -0.39 is 0 Å². The largest absolute Gasteiger partial charge is 0.493 e. The highest BCUT2D eigenvalue weighted by molar-refractivity contribution is 5.81. The van der Waals surface area contributed by atoms with Crippen LogP contribution >= 0.6 is 0 Å². The fourth-order valence-corrected chi connectivity index (χ4v) is 3.82. The molecule has 0 aliphatic rings. The normalized spacial score (nSPS) is 12.3. The molecule has 0 fully saturated rings. The van der Waals surface area contributed by atoms with Crippen molar-refractivity contribution in [1.29, 1.82) is 0 Å². The van der Waals surface area contributed by atoms with Crippen molar-refractivity contribution in [2.45, 2.75) is 52.6 Å². The minimum absolute atomic E-state index is 0.159. The molecule has 0 spiro atoms. The Balaban J connectivity index is 1.81. The van der Waals surface area contributed by atoms with Crippen LogP contribution in [0.3, 0.4) is 0 Å². The molecule has 1 heterocycles. The van der Waals surface area contributed by atoms with E-state index in [1.165, 1.54) is 24.0 Å². The Morgan fingerprint density at radius 2 is 1.74 bits per heavy atom. The van der Waals surface area contributed by atoms with E-state index in [9.17, 15) is 4.79 Å². The number of nitrogens with zero attached hydrogens (tertiary/aromatic N) is 1. The summed E-state index contributed by atoms with van der Waals surface area (Å²) in [5.41, 5.74) is 3.01. The molecule has 166 valence electrons. The summed E-state index contributed by atoms with van der Waals surface area (Å²) in [5.74, 6) is 2.04. The number of aryl methyl sites for hydroxylation is 1. The molecule has 1 aromatic heterocycles. The van der Waals surface area contributed by atoms with Crippen LogP contribution in [0.2, 0.25) is 0 Å². The smallest absolute Gasteiger partial charge is 0.258 e. The lowest BCUT2D eigenvalue weighted by Crippen LogP contribution is -2.27. The number of aromatic nitrogens is 2. The highest BCUT2D eigenvalue weighted by Gasteiger charge is 2.17. The second-order valence-electron chi connectivity index (χ2n) is 8.18. The third-order valence-corrected chi connectivity index (χ3v) is 5.57. The number of hydrogen-bond acceptors (Lipinski definition) is 5. The van der Waals surface area contributed by atoms with E-state index in [0.29, 0.717) is 40.7 Å². The van der Waals surface area contributed by atoms with Gasteiger partial charge in [-0.15, -0.1) is 0 Å². The van der Waals surface area contributed by atoms with Gasteiger partial charge in [0.05, 0.1) is 31.7 Å². The average molecular weight is 424 g/mol. The zero-order chi connectivity index (χ0) is 22.4. The summed E-state index contributed by atoms with van der Waals surface area (Å²) in [6.07, 6.45) is 3.53. The first-order chi connectivity index (χ1) is 15.0.